The Hall–Kier alpha value is -5.34. The zero-order chi connectivity index (χ0) is 27.6. The molecule has 0 saturated carbocycles. The van der Waals surface area contributed by atoms with E-state index in [0.29, 0.717) is 0 Å². The van der Waals surface area contributed by atoms with Crippen molar-refractivity contribution in [2.75, 3.05) is 4.90 Å². The number of hydrogen-bond acceptors (Lipinski definition) is 1. The third kappa shape index (κ3) is 3.33. The van der Waals surface area contributed by atoms with Crippen LogP contribution in [0.1, 0.15) is 0 Å². The minimum atomic E-state index is 0.189. The lowest BCUT2D eigenvalue weighted by atomic mass is 9.33. The molecular formula is C40H26BN. The van der Waals surface area contributed by atoms with Gasteiger partial charge in [-0.15, -0.1) is 0 Å². The molecule has 0 fully saturated rings. The van der Waals surface area contributed by atoms with Gasteiger partial charge in [-0.1, -0.05) is 144 Å². The molecule has 0 aliphatic carbocycles. The normalized spacial score (nSPS) is 12.2. The van der Waals surface area contributed by atoms with E-state index in [-0.39, 0.29) is 6.71 Å². The van der Waals surface area contributed by atoms with Gasteiger partial charge in [-0.25, -0.2) is 0 Å². The number of hydrogen-bond donors (Lipinski definition) is 0. The predicted octanol–water partition coefficient (Wildman–Crippen LogP) is 8.55. The van der Waals surface area contributed by atoms with Crippen LogP contribution in [0.15, 0.2) is 158 Å². The minimum Gasteiger partial charge on any atom is -0.310 e. The summed E-state index contributed by atoms with van der Waals surface area (Å²) < 4.78 is 0. The molecule has 8 aromatic carbocycles. The van der Waals surface area contributed by atoms with Crippen LogP contribution < -0.4 is 21.3 Å². The second-order valence-corrected chi connectivity index (χ2v) is 11.3. The Kier molecular flexibility index (Phi) is 5.06. The predicted molar refractivity (Wildman–Crippen MR) is 181 cm³/mol. The van der Waals surface area contributed by atoms with Crippen LogP contribution in [-0.2, 0) is 0 Å². The molecule has 9 rings (SSSR count). The van der Waals surface area contributed by atoms with Gasteiger partial charge in [0.25, 0.3) is 0 Å². The van der Waals surface area contributed by atoms with Crippen LogP contribution in [0.25, 0.3) is 43.4 Å². The summed E-state index contributed by atoms with van der Waals surface area (Å²) in [7, 11) is 0. The van der Waals surface area contributed by atoms with Gasteiger partial charge in [-0.3, -0.25) is 0 Å². The zero-order valence-corrected chi connectivity index (χ0v) is 23.0. The summed E-state index contributed by atoms with van der Waals surface area (Å²) >= 11 is 0. The van der Waals surface area contributed by atoms with Crippen LogP contribution in [0.3, 0.4) is 0 Å². The maximum atomic E-state index is 2.47. The van der Waals surface area contributed by atoms with Gasteiger partial charge >= 0.3 is 0 Å². The topological polar surface area (TPSA) is 3.24 Å². The number of anilines is 3. The molecule has 1 nitrogen and oxygen atoms in total. The molecule has 0 amide bonds. The molecule has 42 heavy (non-hydrogen) atoms. The summed E-state index contributed by atoms with van der Waals surface area (Å²) in [6.45, 7) is 0.189. The summed E-state index contributed by atoms with van der Waals surface area (Å²) in [5.41, 5.74) is 10.3. The second-order valence-electron chi connectivity index (χ2n) is 11.3. The summed E-state index contributed by atoms with van der Waals surface area (Å²) in [6.07, 6.45) is 0. The van der Waals surface area contributed by atoms with Gasteiger partial charge in [0, 0.05) is 16.8 Å². The molecular weight excluding hydrogens is 505 g/mol. The summed E-state index contributed by atoms with van der Waals surface area (Å²) in [5, 5.41) is 7.96. The monoisotopic (exact) mass is 531 g/mol. The Morgan fingerprint density at radius 1 is 0.405 bits per heavy atom. The summed E-state index contributed by atoms with van der Waals surface area (Å²) in [6, 6.07) is 57.8. The van der Waals surface area contributed by atoms with Gasteiger partial charge in [0.2, 0.25) is 6.71 Å². The first kappa shape index (κ1) is 23.4. The molecule has 0 saturated heterocycles. The Morgan fingerprint density at radius 2 is 1.02 bits per heavy atom. The van der Waals surface area contributed by atoms with Crippen molar-refractivity contribution in [1.82, 2.24) is 0 Å². The standard InChI is InChI=1S/C40H26BN/c1-4-12-29(13-5-1)41-35-19-11-10-18-32(35)33-23-20-27-21-24-34-37(25-22-28-26-36(41)40(33)39(27)38(28)34)42(30-14-6-2-7-15-30)31-16-8-3-9-17-31/h1-26H. The van der Waals surface area contributed by atoms with Crippen LogP contribution in [0.4, 0.5) is 17.1 Å². The summed E-state index contributed by atoms with van der Waals surface area (Å²) in [5.74, 6) is 0. The number of nitrogens with zero attached hydrogens (tertiary/aromatic N) is 1. The second kappa shape index (κ2) is 9.09. The van der Waals surface area contributed by atoms with Crippen molar-refractivity contribution >= 4 is 72.5 Å². The van der Waals surface area contributed by atoms with Gasteiger partial charge in [0.05, 0.1) is 5.69 Å². The lowest BCUT2D eigenvalue weighted by Crippen LogP contribution is -2.54. The van der Waals surface area contributed by atoms with Crippen LogP contribution in [0.2, 0.25) is 0 Å². The first-order chi connectivity index (χ1) is 20.9. The number of rotatable bonds is 4. The SMILES string of the molecule is c1ccc(B2c3ccccc3-c3ccc4ccc5c(N(c6ccccc6)c6ccccc6)ccc6cc2c3c4c65)cc1. The van der Waals surface area contributed by atoms with Crippen molar-refractivity contribution < 1.29 is 0 Å². The molecule has 2 heteroatoms. The molecule has 194 valence electrons. The van der Waals surface area contributed by atoms with Gasteiger partial charge in [0.1, 0.15) is 0 Å². The van der Waals surface area contributed by atoms with Crippen molar-refractivity contribution in [3.8, 4) is 11.1 Å². The van der Waals surface area contributed by atoms with E-state index in [4.69, 9.17) is 0 Å². The van der Waals surface area contributed by atoms with Gasteiger partial charge in [0.15, 0.2) is 0 Å². The highest BCUT2D eigenvalue weighted by Gasteiger charge is 2.33. The van der Waals surface area contributed by atoms with Crippen molar-refractivity contribution in [3.63, 3.8) is 0 Å². The van der Waals surface area contributed by atoms with E-state index in [9.17, 15) is 0 Å². The molecule has 0 aromatic heterocycles. The van der Waals surface area contributed by atoms with E-state index in [2.05, 4.69) is 163 Å². The lowest BCUT2D eigenvalue weighted by Gasteiger charge is -2.30. The van der Waals surface area contributed by atoms with E-state index in [1.807, 2.05) is 0 Å². The summed E-state index contributed by atoms with van der Waals surface area (Å²) in [4.78, 5) is 2.39. The molecule has 0 unspecified atom stereocenters. The van der Waals surface area contributed by atoms with E-state index >= 15 is 0 Å². The van der Waals surface area contributed by atoms with Gasteiger partial charge in [-0.2, -0.15) is 0 Å². The van der Waals surface area contributed by atoms with E-state index in [1.165, 1.54) is 65.5 Å². The molecule has 0 radical (unpaired) electrons. The Bertz CT molecular complexity index is 2200. The molecule has 0 N–H and O–H groups in total. The quantitative estimate of drug-likeness (QED) is 0.163. The highest BCUT2D eigenvalue weighted by atomic mass is 15.1. The average molecular weight is 531 g/mol. The van der Waals surface area contributed by atoms with Crippen molar-refractivity contribution in [3.05, 3.63) is 158 Å². The third-order valence-electron chi connectivity index (χ3n) is 9.05. The number of para-hydroxylation sites is 2. The molecule has 1 aliphatic heterocycles. The fourth-order valence-electron chi connectivity index (χ4n) is 7.33. The maximum Gasteiger partial charge on any atom is 0.242 e. The number of fused-ring (bicyclic) bond motifs is 2. The van der Waals surface area contributed by atoms with Gasteiger partial charge in [-0.05, 0) is 68.4 Å². The Labute approximate surface area is 245 Å². The average Bonchev–Trinajstić information content (AvgIpc) is 3.06. The van der Waals surface area contributed by atoms with Crippen LogP contribution >= 0.6 is 0 Å². The Balaban J connectivity index is 1.40. The van der Waals surface area contributed by atoms with Crippen molar-refractivity contribution in [1.29, 1.82) is 0 Å². The highest BCUT2D eigenvalue weighted by Crippen LogP contribution is 2.45. The fraction of sp³-hybridized carbons (Fsp3) is 0. The zero-order valence-electron chi connectivity index (χ0n) is 23.0. The van der Waals surface area contributed by atoms with Crippen LogP contribution in [0, 0.1) is 0 Å². The minimum absolute atomic E-state index is 0.189. The Morgan fingerprint density at radius 3 is 1.76 bits per heavy atom. The highest BCUT2D eigenvalue weighted by molar-refractivity contribution is 6.98. The van der Waals surface area contributed by atoms with E-state index in [1.54, 1.807) is 0 Å². The van der Waals surface area contributed by atoms with Crippen molar-refractivity contribution in [2.24, 2.45) is 0 Å². The molecule has 8 aromatic rings. The van der Waals surface area contributed by atoms with E-state index < -0.39 is 0 Å². The van der Waals surface area contributed by atoms with Crippen LogP contribution in [0.5, 0.6) is 0 Å². The smallest absolute Gasteiger partial charge is 0.242 e. The maximum absolute atomic E-state index is 2.47. The number of benzene rings is 8. The largest absolute Gasteiger partial charge is 0.310 e. The molecule has 0 bridgehead atoms. The first-order valence-electron chi connectivity index (χ1n) is 14.7. The third-order valence-corrected chi connectivity index (χ3v) is 9.05. The molecule has 1 aliphatic rings. The molecule has 1 heterocycles. The lowest BCUT2D eigenvalue weighted by molar-refractivity contribution is 1.30. The van der Waals surface area contributed by atoms with Crippen LogP contribution in [-0.4, -0.2) is 6.71 Å². The van der Waals surface area contributed by atoms with Gasteiger partial charge < -0.3 is 4.90 Å². The fourth-order valence-corrected chi connectivity index (χ4v) is 7.33. The van der Waals surface area contributed by atoms with Crippen molar-refractivity contribution in [2.45, 2.75) is 0 Å². The molecule has 0 atom stereocenters. The first-order valence-corrected chi connectivity index (χ1v) is 14.7. The van der Waals surface area contributed by atoms with E-state index in [0.717, 1.165) is 11.4 Å². The molecule has 0 spiro atoms.